The number of β-amino-alcohol motifs (C(OH)–C–C–N with tert-alkyl or cyclic N) is 1. The van der Waals surface area contributed by atoms with E-state index in [0.29, 0.717) is 31.2 Å². The molecule has 2 saturated heterocycles. The first-order valence-corrected chi connectivity index (χ1v) is 12.5. The lowest BCUT2D eigenvalue weighted by atomic mass is 9.92. The van der Waals surface area contributed by atoms with E-state index in [2.05, 4.69) is 20.2 Å². The van der Waals surface area contributed by atoms with Gasteiger partial charge in [0.25, 0.3) is 0 Å². The van der Waals surface area contributed by atoms with E-state index >= 15 is 0 Å². The van der Waals surface area contributed by atoms with Crippen molar-refractivity contribution in [2.45, 2.75) is 63.0 Å². The summed E-state index contributed by atoms with van der Waals surface area (Å²) in [4.78, 5) is 4.83. The largest absolute Gasteiger partial charge is 0.435 e. The van der Waals surface area contributed by atoms with Gasteiger partial charge in [0.05, 0.1) is 18.7 Å². The number of alkyl halides is 3. The third kappa shape index (κ3) is 5.03. The molecule has 5 rings (SSSR count). The maximum Gasteiger partial charge on any atom is 0.435 e. The molecule has 0 bridgehead atoms. The van der Waals surface area contributed by atoms with Crippen molar-refractivity contribution in [3.05, 3.63) is 52.8 Å². The summed E-state index contributed by atoms with van der Waals surface area (Å²) >= 11 is 0. The standard InChI is InChI=1S/C25H34F3N5O/c26-25(27,28)24-22-21(8-11-29-23(22)18-6-2-1-3-7-18)33(30-24)17-20(34)16-31-14-9-19(10-15-31)32-12-4-5-13-32/h1-3,6-7,19-20,23,29,34H,4-5,8-17H2. The molecule has 0 spiro atoms. The lowest BCUT2D eigenvalue weighted by Crippen LogP contribution is -2.46. The average molecular weight is 478 g/mol. The second-order valence-corrected chi connectivity index (χ2v) is 9.87. The highest BCUT2D eigenvalue weighted by molar-refractivity contribution is 5.41. The zero-order chi connectivity index (χ0) is 23.7. The molecule has 6 nitrogen and oxygen atoms in total. The second kappa shape index (κ2) is 9.97. The number of rotatable bonds is 6. The van der Waals surface area contributed by atoms with Crippen molar-refractivity contribution in [2.24, 2.45) is 0 Å². The van der Waals surface area contributed by atoms with Crippen LogP contribution >= 0.6 is 0 Å². The van der Waals surface area contributed by atoms with Gasteiger partial charge in [0.15, 0.2) is 5.69 Å². The minimum atomic E-state index is -4.55. The van der Waals surface area contributed by atoms with Crippen molar-refractivity contribution >= 4 is 0 Å². The van der Waals surface area contributed by atoms with Crippen LogP contribution in [0.4, 0.5) is 13.2 Å². The van der Waals surface area contributed by atoms with Crippen molar-refractivity contribution in [2.75, 3.05) is 39.3 Å². The molecule has 0 amide bonds. The van der Waals surface area contributed by atoms with E-state index in [1.54, 1.807) is 0 Å². The fourth-order valence-corrected chi connectivity index (χ4v) is 5.93. The molecular formula is C25H34F3N5O. The molecule has 1 aromatic carbocycles. The Morgan fingerprint density at radius 2 is 1.74 bits per heavy atom. The number of aliphatic hydroxyl groups is 1. The first-order chi connectivity index (χ1) is 16.4. The van der Waals surface area contributed by atoms with Gasteiger partial charge in [-0.05, 0) is 57.4 Å². The number of aromatic nitrogens is 2. The van der Waals surface area contributed by atoms with Gasteiger partial charge in [-0.2, -0.15) is 18.3 Å². The minimum Gasteiger partial charge on any atom is -0.390 e. The summed E-state index contributed by atoms with van der Waals surface area (Å²) < 4.78 is 43.3. The van der Waals surface area contributed by atoms with Crippen molar-refractivity contribution < 1.29 is 18.3 Å². The highest BCUT2D eigenvalue weighted by atomic mass is 19.4. The number of aliphatic hydroxyl groups excluding tert-OH is 1. The Bertz CT molecular complexity index is 949. The van der Waals surface area contributed by atoms with E-state index in [0.717, 1.165) is 31.5 Å². The van der Waals surface area contributed by atoms with Gasteiger partial charge in [-0.25, -0.2) is 0 Å². The quantitative estimate of drug-likeness (QED) is 0.670. The van der Waals surface area contributed by atoms with E-state index in [1.807, 2.05) is 30.3 Å². The SMILES string of the molecule is OC(CN1CCC(N2CCCC2)CC1)Cn1nc(C(F)(F)F)c2c1CCNC2c1ccccc1. The summed E-state index contributed by atoms with van der Waals surface area (Å²) in [6.45, 7) is 5.33. The van der Waals surface area contributed by atoms with Gasteiger partial charge in [0, 0.05) is 36.8 Å². The summed E-state index contributed by atoms with van der Waals surface area (Å²) in [6.07, 6.45) is -0.113. The maximum atomic E-state index is 14.0. The number of likely N-dealkylation sites (tertiary alicyclic amines) is 2. The predicted molar refractivity (Wildman–Crippen MR) is 123 cm³/mol. The molecule has 2 fully saturated rings. The first-order valence-electron chi connectivity index (χ1n) is 12.5. The fraction of sp³-hybridized carbons (Fsp3) is 0.640. The van der Waals surface area contributed by atoms with E-state index in [1.165, 1.54) is 30.6 Å². The van der Waals surface area contributed by atoms with Gasteiger partial charge < -0.3 is 20.2 Å². The summed E-state index contributed by atoms with van der Waals surface area (Å²) in [5, 5.41) is 18.1. The zero-order valence-corrected chi connectivity index (χ0v) is 19.5. The van der Waals surface area contributed by atoms with E-state index in [-0.39, 0.29) is 12.1 Å². The second-order valence-electron chi connectivity index (χ2n) is 9.87. The number of benzene rings is 1. The Morgan fingerprint density at radius 3 is 2.41 bits per heavy atom. The summed E-state index contributed by atoms with van der Waals surface area (Å²) in [5.74, 6) is 0. The third-order valence-corrected chi connectivity index (χ3v) is 7.57. The molecular weight excluding hydrogens is 443 g/mol. The van der Waals surface area contributed by atoms with Crippen LogP contribution in [0.25, 0.3) is 0 Å². The smallest absolute Gasteiger partial charge is 0.390 e. The number of fused-ring (bicyclic) bond motifs is 1. The van der Waals surface area contributed by atoms with Crippen molar-refractivity contribution in [1.29, 1.82) is 0 Å². The number of piperidine rings is 1. The van der Waals surface area contributed by atoms with Gasteiger partial charge in [-0.15, -0.1) is 0 Å². The molecule has 2 unspecified atom stereocenters. The van der Waals surface area contributed by atoms with Crippen LogP contribution in [0, 0.1) is 0 Å². The van der Waals surface area contributed by atoms with Crippen molar-refractivity contribution in [3.8, 4) is 0 Å². The van der Waals surface area contributed by atoms with Crippen molar-refractivity contribution in [3.63, 3.8) is 0 Å². The average Bonchev–Trinajstić information content (AvgIpc) is 3.49. The fourth-order valence-electron chi connectivity index (χ4n) is 5.93. The van der Waals surface area contributed by atoms with Crippen LogP contribution in [0.1, 0.15) is 54.2 Å². The first kappa shape index (κ1) is 23.8. The lowest BCUT2D eigenvalue weighted by molar-refractivity contribution is -0.142. The molecule has 9 heteroatoms. The van der Waals surface area contributed by atoms with Crippen LogP contribution in [0.3, 0.4) is 0 Å². The molecule has 2 N–H and O–H groups in total. The van der Waals surface area contributed by atoms with Crippen LogP contribution in [-0.2, 0) is 19.1 Å². The maximum absolute atomic E-state index is 14.0. The van der Waals surface area contributed by atoms with Crippen LogP contribution in [0.2, 0.25) is 0 Å². The Hall–Kier alpha value is -1.94. The Balaban J connectivity index is 1.29. The van der Waals surface area contributed by atoms with Crippen molar-refractivity contribution in [1.82, 2.24) is 24.9 Å². The summed E-state index contributed by atoms with van der Waals surface area (Å²) in [6, 6.07) is 9.27. The van der Waals surface area contributed by atoms with E-state index < -0.39 is 24.0 Å². The number of hydrogen-bond acceptors (Lipinski definition) is 5. The van der Waals surface area contributed by atoms with Crippen LogP contribution < -0.4 is 5.32 Å². The number of halogens is 3. The Labute approximate surface area is 198 Å². The molecule has 3 aliphatic heterocycles. The van der Waals surface area contributed by atoms with Crippen LogP contribution in [0.15, 0.2) is 30.3 Å². The predicted octanol–water partition coefficient (Wildman–Crippen LogP) is 3.06. The number of nitrogens with one attached hydrogen (secondary N) is 1. The molecule has 186 valence electrons. The minimum absolute atomic E-state index is 0.0754. The third-order valence-electron chi connectivity index (χ3n) is 7.57. The molecule has 34 heavy (non-hydrogen) atoms. The molecule has 0 radical (unpaired) electrons. The highest BCUT2D eigenvalue weighted by Gasteiger charge is 2.43. The van der Waals surface area contributed by atoms with Crippen LogP contribution in [0.5, 0.6) is 0 Å². The molecule has 1 aromatic heterocycles. The highest BCUT2D eigenvalue weighted by Crippen LogP contribution is 2.39. The van der Waals surface area contributed by atoms with E-state index in [9.17, 15) is 18.3 Å². The Morgan fingerprint density at radius 1 is 1.03 bits per heavy atom. The van der Waals surface area contributed by atoms with Gasteiger partial charge in [-0.1, -0.05) is 30.3 Å². The molecule has 2 aromatic rings. The monoisotopic (exact) mass is 477 g/mol. The number of nitrogens with zero attached hydrogens (tertiary/aromatic N) is 4. The molecule has 4 heterocycles. The topological polar surface area (TPSA) is 56.6 Å². The number of hydrogen-bond donors (Lipinski definition) is 2. The van der Waals surface area contributed by atoms with Crippen LogP contribution in [-0.4, -0.2) is 76.1 Å². The van der Waals surface area contributed by atoms with Gasteiger partial charge in [-0.3, -0.25) is 4.68 Å². The van der Waals surface area contributed by atoms with E-state index in [4.69, 9.17) is 0 Å². The van der Waals surface area contributed by atoms with Gasteiger partial charge in [0.1, 0.15) is 0 Å². The van der Waals surface area contributed by atoms with Gasteiger partial charge in [0.2, 0.25) is 0 Å². The molecule has 0 saturated carbocycles. The summed E-state index contributed by atoms with van der Waals surface area (Å²) in [7, 11) is 0. The zero-order valence-electron chi connectivity index (χ0n) is 19.5. The molecule has 0 aliphatic carbocycles. The molecule has 3 aliphatic rings. The lowest BCUT2D eigenvalue weighted by Gasteiger charge is -2.37. The Kier molecular flexibility index (Phi) is 6.97. The molecule has 2 atom stereocenters. The normalized spacial score (nSPS) is 23.8. The van der Waals surface area contributed by atoms with Gasteiger partial charge >= 0.3 is 6.18 Å². The summed E-state index contributed by atoms with van der Waals surface area (Å²) in [5.41, 5.74) is 0.715.